The number of anilines is 2. The summed E-state index contributed by atoms with van der Waals surface area (Å²) in [4.78, 5) is -0.178. The Morgan fingerprint density at radius 1 is 1.14 bits per heavy atom. The van der Waals surface area contributed by atoms with Gasteiger partial charge in [-0.1, -0.05) is 29.3 Å². The molecule has 0 unspecified atom stereocenters. The third kappa shape index (κ3) is 3.34. The van der Waals surface area contributed by atoms with E-state index >= 15 is 0 Å². The normalized spacial score (nSPS) is 11.2. The molecule has 0 saturated carbocycles. The number of hydrogen-bond acceptors (Lipinski definition) is 4. The van der Waals surface area contributed by atoms with Crippen molar-refractivity contribution < 1.29 is 13.2 Å². The van der Waals surface area contributed by atoms with Crippen LogP contribution in [0.25, 0.3) is 0 Å². The molecule has 0 amide bonds. The smallest absolute Gasteiger partial charge is 0.264 e. The molecule has 0 aliphatic carbocycles. The zero-order valence-electron chi connectivity index (χ0n) is 10.9. The Morgan fingerprint density at radius 2 is 1.76 bits per heavy atom. The summed E-state index contributed by atoms with van der Waals surface area (Å²) in [6.45, 7) is 0. The van der Waals surface area contributed by atoms with Crippen molar-refractivity contribution in [3.8, 4) is 5.75 Å². The second-order valence-corrected chi connectivity index (χ2v) is 6.55. The average Bonchev–Trinajstić information content (AvgIpc) is 2.37. The summed E-state index contributed by atoms with van der Waals surface area (Å²) in [6, 6.07) is 8.99. The molecule has 2 aromatic rings. The summed E-state index contributed by atoms with van der Waals surface area (Å²) in [5.74, 6) is 0.453. The molecule has 0 saturated heterocycles. The van der Waals surface area contributed by atoms with E-state index in [2.05, 4.69) is 4.72 Å². The first-order valence-electron chi connectivity index (χ1n) is 5.75. The van der Waals surface area contributed by atoms with Crippen LogP contribution in [0.5, 0.6) is 5.75 Å². The monoisotopic (exact) mass is 346 g/mol. The van der Waals surface area contributed by atoms with Gasteiger partial charge in [0.05, 0.1) is 28.5 Å². The van der Waals surface area contributed by atoms with Crippen LogP contribution >= 0.6 is 23.2 Å². The highest BCUT2D eigenvalue weighted by atomic mass is 35.5. The van der Waals surface area contributed by atoms with E-state index in [4.69, 9.17) is 33.7 Å². The minimum Gasteiger partial charge on any atom is -0.495 e. The summed E-state index contributed by atoms with van der Waals surface area (Å²) >= 11 is 11.8. The predicted molar refractivity (Wildman–Crippen MR) is 84.7 cm³/mol. The van der Waals surface area contributed by atoms with Crippen molar-refractivity contribution in [2.75, 3.05) is 17.6 Å². The molecule has 0 aromatic heterocycles. The topological polar surface area (TPSA) is 81.4 Å². The maximum Gasteiger partial charge on any atom is 0.264 e. The van der Waals surface area contributed by atoms with Gasteiger partial charge in [0.1, 0.15) is 10.6 Å². The lowest BCUT2D eigenvalue weighted by molar-refractivity contribution is 0.417. The molecule has 0 atom stereocenters. The Kier molecular flexibility index (Phi) is 4.51. The molecule has 112 valence electrons. The third-order valence-corrected chi connectivity index (χ3v) is 5.01. The fourth-order valence-corrected chi connectivity index (χ4v) is 3.94. The lowest BCUT2D eigenvalue weighted by Gasteiger charge is -2.12. The third-order valence-electron chi connectivity index (χ3n) is 2.67. The molecule has 5 nitrogen and oxygen atoms in total. The number of nitrogens with two attached hydrogens (primary N) is 1. The fourth-order valence-electron chi connectivity index (χ4n) is 1.74. The van der Waals surface area contributed by atoms with Crippen LogP contribution in [0.1, 0.15) is 0 Å². The molecule has 0 fully saturated rings. The Hall–Kier alpha value is -1.63. The fraction of sp³-hybridized carbons (Fsp3) is 0.0769. The number of sulfonamides is 1. The summed E-state index contributed by atoms with van der Waals surface area (Å²) < 4.78 is 32.1. The minimum absolute atomic E-state index is 0.0384. The molecule has 2 rings (SSSR count). The van der Waals surface area contributed by atoms with E-state index in [0.29, 0.717) is 11.4 Å². The van der Waals surface area contributed by atoms with Gasteiger partial charge in [0, 0.05) is 0 Å². The van der Waals surface area contributed by atoms with Gasteiger partial charge in [0.2, 0.25) is 0 Å². The quantitative estimate of drug-likeness (QED) is 0.831. The standard InChI is InChI=1S/C13H12Cl2N2O3S/c1-20-12-6-5-8(7-11(12)16)17-21(18,19)13-9(14)3-2-4-10(13)15/h2-7,17H,16H2,1H3. The van der Waals surface area contributed by atoms with Crippen LogP contribution in [-0.2, 0) is 10.0 Å². The van der Waals surface area contributed by atoms with Crippen LogP contribution in [0.2, 0.25) is 10.0 Å². The first-order valence-corrected chi connectivity index (χ1v) is 7.99. The van der Waals surface area contributed by atoms with E-state index in [9.17, 15) is 8.42 Å². The number of benzene rings is 2. The second kappa shape index (κ2) is 6.01. The van der Waals surface area contributed by atoms with Gasteiger partial charge in [0.15, 0.2) is 0 Å². The Morgan fingerprint density at radius 3 is 2.29 bits per heavy atom. The van der Waals surface area contributed by atoms with Gasteiger partial charge in [-0.25, -0.2) is 8.42 Å². The molecular formula is C13H12Cl2N2O3S. The maximum atomic E-state index is 12.4. The molecule has 8 heteroatoms. The predicted octanol–water partition coefficient (Wildman–Crippen LogP) is 3.39. The Bertz CT molecular complexity index is 759. The van der Waals surface area contributed by atoms with Crippen LogP contribution in [0.15, 0.2) is 41.3 Å². The van der Waals surface area contributed by atoms with Gasteiger partial charge in [0.25, 0.3) is 10.0 Å². The number of ether oxygens (including phenoxy) is 1. The first-order chi connectivity index (χ1) is 9.85. The van der Waals surface area contributed by atoms with Gasteiger partial charge < -0.3 is 10.5 Å². The van der Waals surface area contributed by atoms with E-state index in [1.807, 2.05) is 0 Å². The van der Waals surface area contributed by atoms with Gasteiger partial charge >= 0.3 is 0 Å². The lowest BCUT2D eigenvalue weighted by Crippen LogP contribution is -2.14. The van der Waals surface area contributed by atoms with Crippen LogP contribution in [0, 0.1) is 0 Å². The van der Waals surface area contributed by atoms with Gasteiger partial charge in [-0.15, -0.1) is 0 Å². The highest BCUT2D eigenvalue weighted by molar-refractivity contribution is 7.93. The maximum absolute atomic E-state index is 12.4. The first kappa shape index (κ1) is 15.8. The molecule has 0 bridgehead atoms. The summed E-state index contributed by atoms with van der Waals surface area (Å²) in [5.41, 5.74) is 6.33. The van der Waals surface area contributed by atoms with Crippen molar-refractivity contribution in [2.45, 2.75) is 4.90 Å². The zero-order chi connectivity index (χ0) is 15.6. The van der Waals surface area contributed by atoms with Gasteiger partial charge in [-0.3, -0.25) is 4.72 Å². The molecule has 3 N–H and O–H groups in total. The molecule has 0 aliphatic heterocycles. The molecule has 0 spiro atoms. The second-order valence-electron chi connectivity index (χ2n) is 4.11. The number of halogens is 2. The van der Waals surface area contributed by atoms with E-state index in [0.717, 1.165) is 0 Å². The van der Waals surface area contributed by atoms with Crippen LogP contribution in [0.3, 0.4) is 0 Å². The van der Waals surface area contributed by atoms with E-state index in [1.165, 1.54) is 31.4 Å². The van der Waals surface area contributed by atoms with Gasteiger partial charge in [-0.05, 0) is 30.3 Å². The van der Waals surface area contributed by atoms with Crippen LogP contribution in [-0.4, -0.2) is 15.5 Å². The average molecular weight is 347 g/mol. The minimum atomic E-state index is -3.92. The molecule has 0 aliphatic rings. The Labute approximate surface area is 132 Å². The number of hydrogen-bond donors (Lipinski definition) is 2. The van der Waals surface area contributed by atoms with E-state index in [1.54, 1.807) is 12.1 Å². The Balaban J connectivity index is 2.40. The lowest BCUT2D eigenvalue weighted by atomic mass is 10.2. The molecule has 0 heterocycles. The van der Waals surface area contributed by atoms with Crippen molar-refractivity contribution >= 4 is 44.6 Å². The largest absolute Gasteiger partial charge is 0.495 e. The number of rotatable bonds is 4. The SMILES string of the molecule is COc1ccc(NS(=O)(=O)c2c(Cl)cccc2Cl)cc1N. The van der Waals surface area contributed by atoms with Crippen molar-refractivity contribution in [2.24, 2.45) is 0 Å². The number of methoxy groups -OCH3 is 1. The van der Waals surface area contributed by atoms with Crippen LogP contribution < -0.4 is 15.2 Å². The van der Waals surface area contributed by atoms with Crippen molar-refractivity contribution in [3.63, 3.8) is 0 Å². The zero-order valence-corrected chi connectivity index (χ0v) is 13.3. The molecule has 2 aromatic carbocycles. The van der Waals surface area contributed by atoms with Crippen molar-refractivity contribution in [3.05, 3.63) is 46.4 Å². The van der Waals surface area contributed by atoms with Crippen LogP contribution in [0.4, 0.5) is 11.4 Å². The number of nitrogen functional groups attached to an aromatic ring is 1. The van der Waals surface area contributed by atoms with Crippen molar-refractivity contribution in [1.82, 2.24) is 0 Å². The summed E-state index contributed by atoms with van der Waals surface area (Å²) in [7, 11) is -2.45. The van der Waals surface area contributed by atoms with E-state index < -0.39 is 10.0 Å². The summed E-state index contributed by atoms with van der Waals surface area (Å²) in [5, 5.41) is 0.0768. The highest BCUT2D eigenvalue weighted by Gasteiger charge is 2.21. The molecule has 21 heavy (non-hydrogen) atoms. The molecule has 0 radical (unpaired) electrons. The van der Waals surface area contributed by atoms with Crippen molar-refractivity contribution in [1.29, 1.82) is 0 Å². The van der Waals surface area contributed by atoms with E-state index in [-0.39, 0.29) is 20.6 Å². The van der Waals surface area contributed by atoms with Gasteiger partial charge in [-0.2, -0.15) is 0 Å². The summed E-state index contributed by atoms with van der Waals surface area (Å²) in [6.07, 6.45) is 0. The number of nitrogens with one attached hydrogen (secondary N) is 1. The highest BCUT2D eigenvalue weighted by Crippen LogP contribution is 2.31. The molecular weight excluding hydrogens is 335 g/mol.